The number of methoxy groups -OCH3 is 4. The predicted octanol–water partition coefficient (Wildman–Crippen LogP) is 2.22. The van der Waals surface area contributed by atoms with Crippen molar-refractivity contribution < 1.29 is 23.7 Å². The van der Waals surface area contributed by atoms with Gasteiger partial charge in [-0.1, -0.05) is 6.92 Å². The Morgan fingerprint density at radius 1 is 1.06 bits per heavy atom. The lowest BCUT2D eigenvalue weighted by Crippen LogP contribution is -2.52. The van der Waals surface area contributed by atoms with Crippen LogP contribution in [0.3, 0.4) is 0 Å². The lowest BCUT2D eigenvalue weighted by Gasteiger charge is -2.36. The number of guanidine groups is 1. The van der Waals surface area contributed by atoms with Crippen LogP contribution in [0.15, 0.2) is 17.1 Å². The number of aliphatic imine (C=N–C) groups is 1. The van der Waals surface area contributed by atoms with Crippen LogP contribution in [-0.4, -0.2) is 89.4 Å². The first-order chi connectivity index (χ1) is 15.0. The number of nitrogens with zero attached hydrogens (tertiary/aromatic N) is 3. The van der Waals surface area contributed by atoms with E-state index in [2.05, 4.69) is 20.1 Å². The van der Waals surface area contributed by atoms with Crippen LogP contribution in [-0.2, 0) is 16.1 Å². The molecule has 0 bridgehead atoms. The molecule has 0 aliphatic carbocycles. The zero-order valence-electron chi connectivity index (χ0n) is 20.0. The van der Waals surface area contributed by atoms with Gasteiger partial charge >= 0.3 is 5.97 Å². The summed E-state index contributed by atoms with van der Waals surface area (Å²) >= 11 is 0. The highest BCUT2D eigenvalue weighted by atomic mass is 127. The minimum atomic E-state index is -0.264. The summed E-state index contributed by atoms with van der Waals surface area (Å²) in [6.07, 6.45) is 0. The number of halogens is 1. The van der Waals surface area contributed by atoms with Gasteiger partial charge in [0.1, 0.15) is 0 Å². The molecule has 0 spiro atoms. The molecular formula is C22H37IN4O5. The molecule has 1 N–H and O–H groups in total. The average Bonchev–Trinajstić information content (AvgIpc) is 2.80. The van der Waals surface area contributed by atoms with Crippen LogP contribution in [0, 0.1) is 5.92 Å². The molecule has 9 nitrogen and oxygen atoms in total. The van der Waals surface area contributed by atoms with Gasteiger partial charge in [-0.15, -0.1) is 24.0 Å². The number of hydrogen-bond donors (Lipinski definition) is 1. The Balaban J connectivity index is 0.00000512. The summed E-state index contributed by atoms with van der Waals surface area (Å²) in [5.41, 5.74) is 1.11. The third-order valence-corrected chi connectivity index (χ3v) is 5.26. The first-order valence-corrected chi connectivity index (χ1v) is 10.6. The van der Waals surface area contributed by atoms with E-state index in [1.54, 1.807) is 21.3 Å². The molecule has 10 heteroatoms. The topological polar surface area (TPSA) is 84.9 Å². The maximum atomic E-state index is 11.6. The molecule has 1 aliphatic heterocycles. The Kier molecular flexibility index (Phi) is 12.5. The van der Waals surface area contributed by atoms with Crippen molar-refractivity contribution in [2.75, 3.05) is 67.7 Å². The van der Waals surface area contributed by atoms with Gasteiger partial charge in [0, 0.05) is 39.3 Å². The molecular weight excluding hydrogens is 527 g/mol. The summed E-state index contributed by atoms with van der Waals surface area (Å²) in [7, 11) is 6.26. The highest BCUT2D eigenvalue weighted by molar-refractivity contribution is 14.0. The standard InChI is InChI=1S/C22H36N4O5.HI/c1-7-23-22(24-14-16(2)21(27)31-6)26-10-8-25(9-11-26)15-17-12-18(28-3)20(30-5)19(13-17)29-4;/h12-13,16H,7-11,14-15H2,1-6H3,(H,23,24);1H. The lowest BCUT2D eigenvalue weighted by atomic mass is 10.1. The zero-order valence-corrected chi connectivity index (χ0v) is 22.3. The van der Waals surface area contributed by atoms with Crippen LogP contribution in [0.25, 0.3) is 0 Å². The molecule has 1 heterocycles. The van der Waals surface area contributed by atoms with E-state index in [-0.39, 0.29) is 35.9 Å². The Morgan fingerprint density at radius 2 is 1.66 bits per heavy atom. The SMILES string of the molecule is CCNC(=NCC(C)C(=O)OC)N1CCN(Cc2cc(OC)c(OC)c(OC)c2)CC1.I. The van der Waals surface area contributed by atoms with E-state index in [1.165, 1.54) is 7.11 Å². The number of piperazine rings is 1. The maximum Gasteiger partial charge on any atom is 0.310 e. The zero-order chi connectivity index (χ0) is 22.8. The molecule has 1 saturated heterocycles. The van der Waals surface area contributed by atoms with Crippen molar-refractivity contribution in [3.8, 4) is 17.2 Å². The second-order valence-electron chi connectivity index (χ2n) is 7.42. The number of benzene rings is 1. The smallest absolute Gasteiger partial charge is 0.310 e. The summed E-state index contributed by atoms with van der Waals surface area (Å²) < 4.78 is 21.1. The summed E-state index contributed by atoms with van der Waals surface area (Å²) in [5, 5.41) is 3.33. The molecule has 0 amide bonds. The van der Waals surface area contributed by atoms with Gasteiger partial charge in [0.05, 0.1) is 40.9 Å². The molecule has 0 radical (unpaired) electrons. The Morgan fingerprint density at radius 3 is 2.12 bits per heavy atom. The monoisotopic (exact) mass is 564 g/mol. The first-order valence-electron chi connectivity index (χ1n) is 10.6. The maximum absolute atomic E-state index is 11.6. The van der Waals surface area contributed by atoms with Crippen molar-refractivity contribution in [3.63, 3.8) is 0 Å². The molecule has 0 aromatic heterocycles. The quantitative estimate of drug-likeness (QED) is 0.212. The van der Waals surface area contributed by atoms with Gasteiger partial charge < -0.3 is 29.2 Å². The summed E-state index contributed by atoms with van der Waals surface area (Å²) in [5.74, 6) is 2.26. The number of carbonyl (C=O) groups is 1. The molecule has 1 aromatic rings. The van der Waals surface area contributed by atoms with Crippen molar-refractivity contribution in [1.82, 2.24) is 15.1 Å². The van der Waals surface area contributed by atoms with Gasteiger partial charge in [-0.2, -0.15) is 0 Å². The van der Waals surface area contributed by atoms with Gasteiger partial charge in [0.25, 0.3) is 0 Å². The second-order valence-corrected chi connectivity index (χ2v) is 7.42. The number of nitrogens with one attached hydrogen (secondary N) is 1. The Hall–Kier alpha value is -1.95. The van der Waals surface area contributed by atoms with Crippen molar-refractivity contribution in [2.45, 2.75) is 20.4 Å². The first kappa shape index (κ1) is 28.1. The molecule has 1 unspecified atom stereocenters. The minimum Gasteiger partial charge on any atom is -0.493 e. The third kappa shape index (κ3) is 7.58. The van der Waals surface area contributed by atoms with Crippen LogP contribution in [0.1, 0.15) is 19.4 Å². The Bertz CT molecular complexity index is 729. The molecule has 1 aromatic carbocycles. The lowest BCUT2D eigenvalue weighted by molar-refractivity contribution is -0.144. The van der Waals surface area contributed by atoms with Crippen LogP contribution >= 0.6 is 24.0 Å². The Labute approximate surface area is 208 Å². The molecule has 0 saturated carbocycles. The van der Waals surface area contributed by atoms with E-state index < -0.39 is 0 Å². The van der Waals surface area contributed by atoms with Gasteiger partial charge in [0.15, 0.2) is 17.5 Å². The van der Waals surface area contributed by atoms with E-state index >= 15 is 0 Å². The average molecular weight is 564 g/mol. The van der Waals surface area contributed by atoms with Crippen LogP contribution in [0.2, 0.25) is 0 Å². The van der Waals surface area contributed by atoms with Gasteiger partial charge in [-0.05, 0) is 24.6 Å². The fraction of sp³-hybridized carbons (Fsp3) is 0.636. The molecule has 1 aliphatic rings. The summed E-state index contributed by atoms with van der Waals surface area (Å²) in [6, 6.07) is 3.99. The molecule has 182 valence electrons. The van der Waals surface area contributed by atoms with Crippen LogP contribution in [0.5, 0.6) is 17.2 Å². The second kappa shape index (κ2) is 14.2. The van der Waals surface area contributed by atoms with E-state index in [0.29, 0.717) is 23.8 Å². The highest BCUT2D eigenvalue weighted by Gasteiger charge is 2.22. The molecule has 1 atom stereocenters. The number of rotatable bonds is 9. The normalized spacial score (nSPS) is 15.4. The number of hydrogen-bond acceptors (Lipinski definition) is 7. The van der Waals surface area contributed by atoms with Crippen LogP contribution < -0.4 is 19.5 Å². The van der Waals surface area contributed by atoms with Crippen molar-refractivity contribution >= 4 is 35.9 Å². The van der Waals surface area contributed by atoms with Gasteiger partial charge in [-0.25, -0.2) is 0 Å². The van der Waals surface area contributed by atoms with Crippen molar-refractivity contribution in [2.24, 2.45) is 10.9 Å². The van der Waals surface area contributed by atoms with E-state index in [0.717, 1.165) is 50.8 Å². The largest absolute Gasteiger partial charge is 0.493 e. The number of ether oxygens (including phenoxy) is 4. The van der Waals surface area contributed by atoms with Gasteiger partial charge in [-0.3, -0.25) is 14.7 Å². The van der Waals surface area contributed by atoms with Gasteiger partial charge in [0.2, 0.25) is 5.75 Å². The summed E-state index contributed by atoms with van der Waals surface area (Å²) in [6.45, 7) is 9.33. The molecule has 2 rings (SSSR count). The molecule has 32 heavy (non-hydrogen) atoms. The fourth-order valence-electron chi connectivity index (χ4n) is 3.53. The highest BCUT2D eigenvalue weighted by Crippen LogP contribution is 2.38. The van der Waals surface area contributed by atoms with Crippen molar-refractivity contribution in [1.29, 1.82) is 0 Å². The summed E-state index contributed by atoms with van der Waals surface area (Å²) in [4.78, 5) is 20.9. The predicted molar refractivity (Wildman–Crippen MR) is 136 cm³/mol. The molecule has 1 fully saturated rings. The fourth-order valence-corrected chi connectivity index (χ4v) is 3.53. The number of esters is 1. The van der Waals surface area contributed by atoms with E-state index in [4.69, 9.17) is 18.9 Å². The minimum absolute atomic E-state index is 0. The van der Waals surface area contributed by atoms with E-state index in [1.807, 2.05) is 26.0 Å². The number of carbonyl (C=O) groups excluding carboxylic acids is 1. The van der Waals surface area contributed by atoms with Crippen LogP contribution in [0.4, 0.5) is 0 Å². The van der Waals surface area contributed by atoms with E-state index in [9.17, 15) is 4.79 Å². The van der Waals surface area contributed by atoms with Crippen molar-refractivity contribution in [3.05, 3.63) is 17.7 Å². The third-order valence-electron chi connectivity index (χ3n) is 5.26.